The Balaban J connectivity index is 1.74. The van der Waals surface area contributed by atoms with E-state index < -0.39 is 23.6 Å². The molecule has 28 heavy (non-hydrogen) atoms. The minimum Gasteiger partial charge on any atom is -0.506 e. The minimum absolute atomic E-state index is 0.0934. The number of hydrogen-bond donors (Lipinski definition) is 2. The van der Waals surface area contributed by atoms with Crippen LogP contribution in [0.2, 0.25) is 0 Å². The highest BCUT2D eigenvalue weighted by atomic mass is 32.2. The quantitative estimate of drug-likeness (QED) is 0.592. The zero-order valence-corrected chi connectivity index (χ0v) is 16.1. The van der Waals surface area contributed by atoms with Gasteiger partial charge in [-0.25, -0.2) is 0 Å². The molecular formula is C20H18N2O5S. The third kappa shape index (κ3) is 4.17. The summed E-state index contributed by atoms with van der Waals surface area (Å²) in [6.45, 7) is 1.37. The zero-order valence-electron chi connectivity index (χ0n) is 15.3. The number of thioether (sulfide) groups is 1. The number of nitrogens with one attached hydrogen (secondary N) is 1. The van der Waals surface area contributed by atoms with Crippen LogP contribution in [0.1, 0.15) is 11.1 Å². The molecule has 2 aromatic carbocycles. The number of nitrogens with zero attached hydrogens (tertiary/aromatic N) is 1. The molecule has 1 saturated heterocycles. The largest absolute Gasteiger partial charge is 0.506 e. The number of aromatic hydroxyl groups is 1. The third-order valence-corrected chi connectivity index (χ3v) is 4.93. The average Bonchev–Trinajstić information content (AvgIpc) is 2.92. The second kappa shape index (κ2) is 8.18. The number of aryl methyl sites for hydroxylation is 1. The molecule has 0 radical (unpaired) electrons. The van der Waals surface area contributed by atoms with E-state index in [1.165, 1.54) is 13.2 Å². The minimum atomic E-state index is -0.582. The lowest BCUT2D eigenvalue weighted by Crippen LogP contribution is -2.36. The van der Waals surface area contributed by atoms with Gasteiger partial charge in [-0.3, -0.25) is 19.3 Å². The fraction of sp³-hybridized carbons (Fsp3) is 0.150. The molecule has 144 valence electrons. The molecule has 1 fully saturated rings. The molecule has 0 unspecified atom stereocenters. The number of para-hydroxylation sites is 1. The summed E-state index contributed by atoms with van der Waals surface area (Å²) in [5, 5.41) is 11.8. The van der Waals surface area contributed by atoms with Crippen molar-refractivity contribution >= 4 is 40.6 Å². The van der Waals surface area contributed by atoms with Gasteiger partial charge in [-0.2, -0.15) is 0 Å². The molecule has 2 N–H and O–H groups in total. The molecule has 1 aliphatic heterocycles. The number of amides is 3. The van der Waals surface area contributed by atoms with E-state index in [0.717, 1.165) is 22.2 Å². The smallest absolute Gasteiger partial charge is 0.294 e. The number of carbonyl (C=O) groups excluding carboxylic acids is 3. The Labute approximate surface area is 166 Å². The van der Waals surface area contributed by atoms with Gasteiger partial charge in [0.2, 0.25) is 5.91 Å². The molecule has 0 saturated carbocycles. The van der Waals surface area contributed by atoms with E-state index in [-0.39, 0.29) is 16.3 Å². The van der Waals surface area contributed by atoms with Gasteiger partial charge >= 0.3 is 0 Å². The van der Waals surface area contributed by atoms with Crippen molar-refractivity contribution in [2.24, 2.45) is 0 Å². The Kier molecular flexibility index (Phi) is 5.70. The van der Waals surface area contributed by atoms with E-state index >= 15 is 0 Å². The molecule has 7 nitrogen and oxygen atoms in total. The third-order valence-electron chi connectivity index (χ3n) is 4.03. The van der Waals surface area contributed by atoms with Gasteiger partial charge in [0.1, 0.15) is 18.0 Å². The molecule has 0 aliphatic carbocycles. The Morgan fingerprint density at radius 3 is 2.75 bits per heavy atom. The number of benzene rings is 2. The topological polar surface area (TPSA) is 95.9 Å². The number of hydrogen-bond acceptors (Lipinski definition) is 6. The zero-order chi connectivity index (χ0) is 20.3. The van der Waals surface area contributed by atoms with Crippen LogP contribution in [-0.4, -0.2) is 40.7 Å². The summed E-state index contributed by atoms with van der Waals surface area (Å²) in [6.07, 6.45) is 1.56. The van der Waals surface area contributed by atoms with Crippen LogP contribution in [0.5, 0.6) is 11.5 Å². The number of carbonyl (C=O) groups is 3. The average molecular weight is 398 g/mol. The van der Waals surface area contributed by atoms with E-state index in [4.69, 9.17) is 4.74 Å². The maximum atomic E-state index is 12.6. The predicted molar refractivity (Wildman–Crippen MR) is 107 cm³/mol. The fourth-order valence-corrected chi connectivity index (χ4v) is 3.48. The lowest BCUT2D eigenvalue weighted by Gasteiger charge is -2.13. The predicted octanol–water partition coefficient (Wildman–Crippen LogP) is 3.38. The number of anilines is 1. The monoisotopic (exact) mass is 398 g/mol. The summed E-state index contributed by atoms with van der Waals surface area (Å²) in [6, 6.07) is 11.9. The van der Waals surface area contributed by atoms with Gasteiger partial charge in [0.25, 0.3) is 11.1 Å². The van der Waals surface area contributed by atoms with Crippen LogP contribution in [0, 0.1) is 6.92 Å². The van der Waals surface area contributed by atoms with Crippen molar-refractivity contribution in [3.63, 3.8) is 0 Å². The summed E-state index contributed by atoms with van der Waals surface area (Å²) >= 11 is 0.763. The van der Waals surface area contributed by atoms with Crippen molar-refractivity contribution in [1.82, 2.24) is 4.90 Å². The van der Waals surface area contributed by atoms with Crippen LogP contribution >= 0.6 is 11.8 Å². The van der Waals surface area contributed by atoms with E-state index in [1.54, 1.807) is 42.5 Å². The van der Waals surface area contributed by atoms with E-state index in [1.807, 2.05) is 6.92 Å². The molecule has 1 aliphatic rings. The highest BCUT2D eigenvalue weighted by Gasteiger charge is 2.36. The first-order valence-corrected chi connectivity index (χ1v) is 9.18. The highest BCUT2D eigenvalue weighted by molar-refractivity contribution is 8.18. The van der Waals surface area contributed by atoms with Gasteiger partial charge in [-0.15, -0.1) is 0 Å². The Bertz CT molecular complexity index is 986. The van der Waals surface area contributed by atoms with E-state index in [9.17, 15) is 19.5 Å². The van der Waals surface area contributed by atoms with Crippen LogP contribution < -0.4 is 10.1 Å². The van der Waals surface area contributed by atoms with Crippen molar-refractivity contribution in [1.29, 1.82) is 0 Å². The first kappa shape index (κ1) is 19.5. The number of phenols is 1. The molecular weight excluding hydrogens is 380 g/mol. The van der Waals surface area contributed by atoms with E-state index in [0.29, 0.717) is 11.3 Å². The number of methoxy groups -OCH3 is 1. The summed E-state index contributed by atoms with van der Waals surface area (Å²) in [5.74, 6) is -0.655. The van der Waals surface area contributed by atoms with Gasteiger partial charge in [0, 0.05) is 5.56 Å². The molecule has 0 bridgehead atoms. The van der Waals surface area contributed by atoms with Crippen molar-refractivity contribution in [2.75, 3.05) is 19.0 Å². The molecule has 0 spiro atoms. The lowest BCUT2D eigenvalue weighted by molar-refractivity contribution is -0.127. The maximum absolute atomic E-state index is 12.6. The van der Waals surface area contributed by atoms with Crippen molar-refractivity contribution in [2.45, 2.75) is 6.92 Å². The molecule has 3 amide bonds. The van der Waals surface area contributed by atoms with E-state index in [2.05, 4.69) is 5.32 Å². The standard InChI is InChI=1S/C20H18N2O5S/c1-12-7-8-15(23)14(9-12)21-18(24)11-22-19(25)17(28-20(22)26)10-13-5-3-4-6-16(13)27-2/h3-10,23H,11H2,1-2H3,(H,21,24)/b17-10-. The van der Waals surface area contributed by atoms with Crippen LogP contribution in [-0.2, 0) is 9.59 Å². The molecule has 2 aromatic rings. The summed E-state index contributed by atoms with van der Waals surface area (Å²) < 4.78 is 5.24. The normalized spacial score (nSPS) is 15.2. The Hall–Kier alpha value is -3.26. The van der Waals surface area contributed by atoms with Crippen LogP contribution in [0.15, 0.2) is 47.4 Å². The van der Waals surface area contributed by atoms with Crippen molar-refractivity contribution in [3.05, 3.63) is 58.5 Å². The van der Waals surface area contributed by atoms with Crippen LogP contribution in [0.3, 0.4) is 0 Å². The number of rotatable bonds is 5. The molecule has 0 atom stereocenters. The van der Waals surface area contributed by atoms with Gasteiger partial charge in [0.15, 0.2) is 0 Å². The summed E-state index contributed by atoms with van der Waals surface area (Å²) in [5.41, 5.74) is 1.73. The summed E-state index contributed by atoms with van der Waals surface area (Å²) in [4.78, 5) is 38.1. The fourth-order valence-electron chi connectivity index (χ4n) is 2.65. The number of ether oxygens (including phenoxy) is 1. The molecule has 8 heteroatoms. The van der Waals surface area contributed by atoms with Crippen LogP contribution in [0.4, 0.5) is 10.5 Å². The SMILES string of the molecule is COc1ccccc1/C=C1\SC(=O)N(CC(=O)Nc2cc(C)ccc2O)C1=O. The first-order chi connectivity index (χ1) is 13.4. The van der Waals surface area contributed by atoms with Gasteiger partial charge in [0.05, 0.1) is 17.7 Å². The molecule has 3 rings (SSSR count). The second-order valence-corrected chi connectivity index (χ2v) is 7.07. The Morgan fingerprint density at radius 1 is 1.25 bits per heavy atom. The lowest BCUT2D eigenvalue weighted by atomic mass is 10.2. The van der Waals surface area contributed by atoms with Crippen LogP contribution in [0.25, 0.3) is 6.08 Å². The van der Waals surface area contributed by atoms with Gasteiger partial charge in [-0.1, -0.05) is 24.3 Å². The number of imide groups is 1. The number of phenolic OH excluding ortho intramolecular Hbond substituents is 1. The van der Waals surface area contributed by atoms with Crippen molar-refractivity contribution in [3.8, 4) is 11.5 Å². The highest BCUT2D eigenvalue weighted by Crippen LogP contribution is 2.34. The Morgan fingerprint density at radius 2 is 2.00 bits per heavy atom. The molecule has 1 heterocycles. The second-order valence-electron chi connectivity index (χ2n) is 6.08. The van der Waals surface area contributed by atoms with Gasteiger partial charge < -0.3 is 15.2 Å². The summed E-state index contributed by atoms with van der Waals surface area (Å²) in [7, 11) is 1.52. The molecule has 0 aromatic heterocycles. The first-order valence-electron chi connectivity index (χ1n) is 8.37. The maximum Gasteiger partial charge on any atom is 0.294 e. The van der Waals surface area contributed by atoms with Crippen molar-refractivity contribution < 1.29 is 24.2 Å². The van der Waals surface area contributed by atoms with Gasteiger partial charge in [-0.05, 0) is 48.5 Å².